The molecule has 0 radical (unpaired) electrons. The van der Waals surface area contributed by atoms with Crippen LogP contribution in [0.5, 0.6) is 0 Å². The molecule has 2 N–H and O–H groups in total. The molecular formula is C10H16ClN3OS. The summed E-state index contributed by atoms with van der Waals surface area (Å²) < 4.78 is 0. The van der Waals surface area contributed by atoms with Crippen LogP contribution in [0.2, 0.25) is 0 Å². The molecule has 1 atom stereocenters. The molecule has 4 nitrogen and oxygen atoms in total. The molecule has 1 aliphatic rings. The quantitative estimate of drug-likeness (QED) is 0.856. The van der Waals surface area contributed by atoms with Gasteiger partial charge in [0.15, 0.2) is 5.13 Å². The fourth-order valence-corrected chi connectivity index (χ4v) is 2.37. The number of anilines is 1. The second-order valence-corrected chi connectivity index (χ2v) is 4.64. The van der Waals surface area contributed by atoms with Crippen molar-refractivity contribution in [3.8, 4) is 0 Å². The lowest BCUT2D eigenvalue weighted by Crippen LogP contribution is -2.43. The molecule has 1 aromatic rings. The maximum atomic E-state index is 11.8. The van der Waals surface area contributed by atoms with Crippen molar-refractivity contribution < 1.29 is 4.79 Å². The molecule has 0 saturated carbocycles. The van der Waals surface area contributed by atoms with Crippen LogP contribution in [0.4, 0.5) is 5.13 Å². The van der Waals surface area contributed by atoms with E-state index in [0.29, 0.717) is 5.13 Å². The number of hydrogen-bond donors (Lipinski definition) is 2. The number of amides is 1. The van der Waals surface area contributed by atoms with Gasteiger partial charge >= 0.3 is 0 Å². The largest absolute Gasteiger partial charge is 0.306 e. The fourth-order valence-electron chi connectivity index (χ4n) is 1.68. The topological polar surface area (TPSA) is 54.0 Å². The van der Waals surface area contributed by atoms with Crippen LogP contribution in [-0.2, 0) is 4.79 Å². The average molecular weight is 262 g/mol. The number of rotatable bonds is 2. The van der Waals surface area contributed by atoms with Gasteiger partial charge < -0.3 is 10.6 Å². The van der Waals surface area contributed by atoms with Crippen LogP contribution in [0.25, 0.3) is 0 Å². The van der Waals surface area contributed by atoms with Crippen molar-refractivity contribution in [3.63, 3.8) is 0 Å². The number of aryl methyl sites for hydroxylation is 1. The van der Waals surface area contributed by atoms with Crippen molar-refractivity contribution in [2.45, 2.75) is 32.2 Å². The van der Waals surface area contributed by atoms with Gasteiger partial charge in [-0.25, -0.2) is 4.98 Å². The lowest BCUT2D eigenvalue weighted by atomic mass is 10.0. The van der Waals surface area contributed by atoms with E-state index in [2.05, 4.69) is 15.6 Å². The summed E-state index contributed by atoms with van der Waals surface area (Å²) in [4.78, 5) is 16.0. The molecule has 1 amide bonds. The molecule has 2 rings (SSSR count). The van der Waals surface area contributed by atoms with Gasteiger partial charge in [0.05, 0.1) is 11.7 Å². The maximum Gasteiger partial charge on any atom is 0.243 e. The van der Waals surface area contributed by atoms with E-state index in [-0.39, 0.29) is 24.4 Å². The number of aromatic nitrogens is 1. The van der Waals surface area contributed by atoms with Crippen LogP contribution in [-0.4, -0.2) is 23.5 Å². The second-order valence-electron chi connectivity index (χ2n) is 3.79. The van der Waals surface area contributed by atoms with Crippen LogP contribution in [0.1, 0.15) is 25.0 Å². The van der Waals surface area contributed by atoms with Crippen LogP contribution >= 0.6 is 23.7 Å². The molecular weight excluding hydrogens is 246 g/mol. The van der Waals surface area contributed by atoms with Gasteiger partial charge in [-0.05, 0) is 26.3 Å². The van der Waals surface area contributed by atoms with Crippen molar-refractivity contribution in [1.29, 1.82) is 0 Å². The summed E-state index contributed by atoms with van der Waals surface area (Å²) in [5.74, 6) is 0.0454. The number of thiazole rings is 1. The predicted molar refractivity (Wildman–Crippen MR) is 68.4 cm³/mol. The first-order valence-corrected chi connectivity index (χ1v) is 6.10. The van der Waals surface area contributed by atoms with Gasteiger partial charge in [-0.1, -0.05) is 6.42 Å². The summed E-state index contributed by atoms with van der Waals surface area (Å²) >= 11 is 1.47. The standard InChI is InChI=1S/C10H15N3OS.ClH/c1-7-6-15-10(12-7)13-9(14)8-4-2-3-5-11-8;/h6,8,11H,2-5H2,1H3,(H,12,13,14);1H/t8-;/m0./s1. The maximum absolute atomic E-state index is 11.8. The van der Waals surface area contributed by atoms with Gasteiger partial charge in [0.25, 0.3) is 0 Å². The molecule has 1 aromatic heterocycles. The number of carbonyl (C=O) groups excluding carboxylic acids is 1. The minimum Gasteiger partial charge on any atom is -0.306 e. The van der Waals surface area contributed by atoms with E-state index in [4.69, 9.17) is 0 Å². The van der Waals surface area contributed by atoms with Gasteiger partial charge in [0.1, 0.15) is 0 Å². The number of hydrogen-bond acceptors (Lipinski definition) is 4. The molecule has 1 aliphatic heterocycles. The third kappa shape index (κ3) is 3.43. The Balaban J connectivity index is 0.00000128. The Bertz CT molecular complexity index is 350. The highest BCUT2D eigenvalue weighted by Gasteiger charge is 2.20. The molecule has 16 heavy (non-hydrogen) atoms. The van der Waals surface area contributed by atoms with E-state index < -0.39 is 0 Å². The molecule has 0 aliphatic carbocycles. The van der Waals surface area contributed by atoms with E-state index in [1.54, 1.807) is 0 Å². The molecule has 1 fully saturated rings. The lowest BCUT2D eigenvalue weighted by Gasteiger charge is -2.21. The molecule has 0 bridgehead atoms. The smallest absolute Gasteiger partial charge is 0.243 e. The molecule has 0 unspecified atom stereocenters. The summed E-state index contributed by atoms with van der Waals surface area (Å²) in [6, 6.07) is -0.0389. The molecule has 1 saturated heterocycles. The van der Waals surface area contributed by atoms with Crippen molar-refractivity contribution in [2.24, 2.45) is 0 Å². The molecule has 0 aromatic carbocycles. The molecule has 0 spiro atoms. The number of halogens is 1. The van der Waals surface area contributed by atoms with Crippen molar-refractivity contribution >= 4 is 34.8 Å². The summed E-state index contributed by atoms with van der Waals surface area (Å²) in [6.45, 7) is 2.86. The average Bonchev–Trinajstić information content (AvgIpc) is 2.65. The van der Waals surface area contributed by atoms with Crippen LogP contribution in [0, 0.1) is 6.92 Å². The molecule has 6 heteroatoms. The summed E-state index contributed by atoms with van der Waals surface area (Å²) in [7, 11) is 0. The van der Waals surface area contributed by atoms with Crippen LogP contribution in [0.3, 0.4) is 0 Å². The van der Waals surface area contributed by atoms with E-state index in [0.717, 1.165) is 25.1 Å². The number of piperidine rings is 1. The highest BCUT2D eigenvalue weighted by molar-refractivity contribution is 7.13. The van der Waals surface area contributed by atoms with Crippen molar-refractivity contribution in [3.05, 3.63) is 11.1 Å². The second kappa shape index (κ2) is 6.18. The third-order valence-corrected chi connectivity index (χ3v) is 3.35. The summed E-state index contributed by atoms with van der Waals surface area (Å²) in [6.07, 6.45) is 3.22. The van der Waals surface area contributed by atoms with Crippen LogP contribution < -0.4 is 10.6 Å². The molecule has 90 valence electrons. The van der Waals surface area contributed by atoms with Crippen LogP contribution in [0.15, 0.2) is 5.38 Å². The van der Waals surface area contributed by atoms with Crippen molar-refractivity contribution in [1.82, 2.24) is 10.3 Å². The number of nitrogens with one attached hydrogen (secondary N) is 2. The van der Waals surface area contributed by atoms with Gasteiger partial charge in [-0.3, -0.25) is 4.79 Å². The minimum atomic E-state index is -0.0389. The third-order valence-electron chi connectivity index (χ3n) is 2.48. The Kier molecular flexibility index (Phi) is 5.18. The zero-order chi connectivity index (χ0) is 10.7. The Morgan fingerprint density at radius 2 is 2.44 bits per heavy atom. The lowest BCUT2D eigenvalue weighted by molar-refractivity contribution is -0.118. The number of carbonyl (C=O) groups is 1. The Labute approximate surface area is 105 Å². The van der Waals surface area contributed by atoms with Gasteiger partial charge in [-0.15, -0.1) is 23.7 Å². The van der Waals surface area contributed by atoms with Gasteiger partial charge in [-0.2, -0.15) is 0 Å². The first-order chi connectivity index (χ1) is 7.25. The van der Waals surface area contributed by atoms with E-state index in [9.17, 15) is 4.79 Å². The normalized spacial score (nSPS) is 19.9. The Morgan fingerprint density at radius 3 is 3.00 bits per heavy atom. The zero-order valence-electron chi connectivity index (χ0n) is 9.16. The van der Waals surface area contributed by atoms with E-state index in [1.165, 1.54) is 17.8 Å². The first-order valence-electron chi connectivity index (χ1n) is 5.22. The summed E-state index contributed by atoms with van der Waals surface area (Å²) in [5, 5.41) is 8.68. The molecule has 2 heterocycles. The fraction of sp³-hybridized carbons (Fsp3) is 0.600. The highest BCUT2D eigenvalue weighted by Crippen LogP contribution is 2.16. The highest BCUT2D eigenvalue weighted by atomic mass is 35.5. The first kappa shape index (κ1) is 13.4. The van der Waals surface area contributed by atoms with E-state index in [1.807, 2.05) is 12.3 Å². The predicted octanol–water partition coefficient (Wildman–Crippen LogP) is 1.95. The SMILES string of the molecule is Cc1csc(NC(=O)[C@@H]2CCCCN2)n1.Cl. The minimum absolute atomic E-state index is 0. The monoisotopic (exact) mass is 261 g/mol. The van der Waals surface area contributed by atoms with Gasteiger partial charge in [0.2, 0.25) is 5.91 Å². The van der Waals surface area contributed by atoms with Crippen molar-refractivity contribution in [2.75, 3.05) is 11.9 Å². The number of nitrogens with zero attached hydrogens (tertiary/aromatic N) is 1. The zero-order valence-corrected chi connectivity index (χ0v) is 10.8. The van der Waals surface area contributed by atoms with Gasteiger partial charge in [0, 0.05) is 5.38 Å². The summed E-state index contributed by atoms with van der Waals surface area (Å²) in [5.41, 5.74) is 0.951. The Hall–Kier alpha value is -0.650. The Morgan fingerprint density at radius 1 is 1.62 bits per heavy atom. The van der Waals surface area contributed by atoms with E-state index >= 15 is 0 Å².